The molecule has 94 valence electrons. The third kappa shape index (κ3) is 2.65. The van der Waals surface area contributed by atoms with E-state index in [0.29, 0.717) is 6.54 Å². The van der Waals surface area contributed by atoms with Gasteiger partial charge >= 0.3 is 0 Å². The molecule has 0 aliphatic heterocycles. The van der Waals surface area contributed by atoms with Crippen LogP contribution in [0.5, 0.6) is 0 Å². The maximum absolute atomic E-state index is 13.6. The highest BCUT2D eigenvalue weighted by Crippen LogP contribution is 2.22. The van der Waals surface area contributed by atoms with Crippen LogP contribution < -0.4 is 5.32 Å². The number of hydrogen-bond donors (Lipinski definition) is 1. The topological polar surface area (TPSA) is 55.2 Å². The van der Waals surface area contributed by atoms with Crippen LogP contribution in [0.1, 0.15) is 10.4 Å². The third-order valence-electron chi connectivity index (χ3n) is 2.57. The molecule has 1 aromatic heterocycles. The fraction of sp³-hybridized carbons (Fsp3) is 0.167. The lowest BCUT2D eigenvalue weighted by molar-refractivity contribution is -0.385. The van der Waals surface area contributed by atoms with Crippen LogP contribution >= 0.6 is 11.3 Å². The monoisotopic (exact) mass is 266 g/mol. The number of thiophene rings is 1. The van der Waals surface area contributed by atoms with Crippen molar-refractivity contribution < 1.29 is 9.31 Å². The molecule has 1 aromatic carbocycles. The van der Waals surface area contributed by atoms with Crippen LogP contribution in [0.25, 0.3) is 0 Å². The first-order valence-corrected chi connectivity index (χ1v) is 6.16. The minimum absolute atomic E-state index is 0.245. The number of nitrogens with zero attached hydrogens (tertiary/aromatic N) is 1. The highest BCUT2D eigenvalue weighted by atomic mass is 32.1. The molecule has 0 amide bonds. The van der Waals surface area contributed by atoms with Gasteiger partial charge in [-0.15, -0.1) is 11.3 Å². The third-order valence-corrected chi connectivity index (χ3v) is 3.59. The molecular weight excluding hydrogens is 255 g/mol. The van der Waals surface area contributed by atoms with E-state index in [2.05, 4.69) is 5.32 Å². The molecule has 1 heterocycles. The van der Waals surface area contributed by atoms with E-state index in [-0.39, 0.29) is 11.4 Å². The molecule has 0 spiro atoms. The Balaban J connectivity index is 2.11. The summed E-state index contributed by atoms with van der Waals surface area (Å²) in [5, 5.41) is 15.4. The summed E-state index contributed by atoms with van der Waals surface area (Å²) in [6.07, 6.45) is 0. The van der Waals surface area contributed by atoms with Crippen molar-refractivity contribution in [2.45, 2.75) is 13.5 Å². The van der Waals surface area contributed by atoms with Gasteiger partial charge in [0.05, 0.1) is 16.7 Å². The van der Waals surface area contributed by atoms with Crippen LogP contribution in [0.2, 0.25) is 0 Å². The van der Waals surface area contributed by atoms with Gasteiger partial charge in [0.25, 0.3) is 5.69 Å². The number of nitro groups is 1. The van der Waals surface area contributed by atoms with E-state index in [0.717, 1.165) is 16.5 Å². The molecule has 4 nitrogen and oxygen atoms in total. The molecule has 0 bridgehead atoms. The minimum Gasteiger partial charge on any atom is -0.378 e. The van der Waals surface area contributed by atoms with E-state index in [9.17, 15) is 14.5 Å². The first-order chi connectivity index (χ1) is 8.58. The Morgan fingerprint density at radius 3 is 2.78 bits per heavy atom. The number of halogens is 1. The lowest BCUT2D eigenvalue weighted by Gasteiger charge is -2.06. The lowest BCUT2D eigenvalue weighted by Crippen LogP contribution is -2.01. The summed E-state index contributed by atoms with van der Waals surface area (Å²) < 4.78 is 13.6. The van der Waals surface area contributed by atoms with Crippen molar-refractivity contribution in [3.8, 4) is 0 Å². The van der Waals surface area contributed by atoms with Gasteiger partial charge in [0, 0.05) is 17.5 Å². The Kier molecular flexibility index (Phi) is 3.57. The van der Waals surface area contributed by atoms with Crippen LogP contribution in [-0.2, 0) is 6.54 Å². The molecule has 1 N–H and O–H groups in total. The standard InChI is InChI=1S/C12H11FN2O2S/c1-8-4-5-18-12(8)7-14-11-3-2-9(15(16)17)6-10(11)13/h2-6,14H,7H2,1H3. The molecule has 0 radical (unpaired) electrons. The van der Waals surface area contributed by atoms with Crippen LogP contribution in [0, 0.1) is 22.9 Å². The van der Waals surface area contributed by atoms with Crippen LogP contribution in [-0.4, -0.2) is 4.92 Å². The average Bonchev–Trinajstić information content (AvgIpc) is 2.73. The number of benzene rings is 1. The van der Waals surface area contributed by atoms with Gasteiger partial charge in [-0.25, -0.2) is 4.39 Å². The van der Waals surface area contributed by atoms with Crippen molar-refractivity contribution in [1.29, 1.82) is 0 Å². The molecule has 0 saturated carbocycles. The van der Waals surface area contributed by atoms with Gasteiger partial charge in [-0.3, -0.25) is 10.1 Å². The molecule has 18 heavy (non-hydrogen) atoms. The Bertz CT molecular complexity index is 583. The first-order valence-electron chi connectivity index (χ1n) is 5.28. The zero-order valence-corrected chi connectivity index (χ0v) is 10.5. The fourth-order valence-electron chi connectivity index (χ4n) is 1.52. The normalized spacial score (nSPS) is 10.3. The predicted molar refractivity (Wildman–Crippen MR) is 69.4 cm³/mol. The van der Waals surface area contributed by atoms with Crippen LogP contribution in [0.3, 0.4) is 0 Å². The van der Waals surface area contributed by atoms with Crippen LogP contribution in [0.15, 0.2) is 29.6 Å². The van der Waals surface area contributed by atoms with Crippen molar-refractivity contribution in [2.75, 3.05) is 5.32 Å². The molecule has 6 heteroatoms. The van der Waals surface area contributed by atoms with E-state index in [1.807, 2.05) is 18.4 Å². The largest absolute Gasteiger partial charge is 0.378 e. The zero-order valence-electron chi connectivity index (χ0n) is 9.64. The van der Waals surface area contributed by atoms with E-state index in [1.54, 1.807) is 11.3 Å². The van der Waals surface area contributed by atoms with Gasteiger partial charge < -0.3 is 5.32 Å². The molecule has 0 aliphatic rings. The fourth-order valence-corrected chi connectivity index (χ4v) is 2.37. The number of non-ortho nitro benzene ring substituents is 1. The molecule has 0 atom stereocenters. The van der Waals surface area contributed by atoms with E-state index in [4.69, 9.17) is 0 Å². The summed E-state index contributed by atoms with van der Waals surface area (Å²) in [4.78, 5) is 11.0. The van der Waals surface area contributed by atoms with Crippen molar-refractivity contribution in [1.82, 2.24) is 0 Å². The second-order valence-electron chi connectivity index (χ2n) is 3.80. The number of aryl methyl sites for hydroxylation is 1. The maximum Gasteiger partial charge on any atom is 0.272 e. The van der Waals surface area contributed by atoms with Crippen molar-refractivity contribution in [3.63, 3.8) is 0 Å². The SMILES string of the molecule is Cc1ccsc1CNc1ccc([N+](=O)[O-])cc1F. The molecule has 0 saturated heterocycles. The lowest BCUT2D eigenvalue weighted by atomic mass is 10.2. The van der Waals surface area contributed by atoms with Crippen molar-refractivity contribution >= 4 is 22.7 Å². The van der Waals surface area contributed by atoms with E-state index in [1.165, 1.54) is 12.1 Å². The quantitative estimate of drug-likeness (QED) is 0.678. The van der Waals surface area contributed by atoms with Gasteiger partial charge in [0.1, 0.15) is 0 Å². The van der Waals surface area contributed by atoms with Crippen molar-refractivity contribution in [2.24, 2.45) is 0 Å². The number of nitro benzene ring substituents is 1. The second kappa shape index (κ2) is 5.14. The highest BCUT2D eigenvalue weighted by Gasteiger charge is 2.10. The summed E-state index contributed by atoms with van der Waals surface area (Å²) in [6.45, 7) is 2.50. The summed E-state index contributed by atoms with van der Waals surface area (Å²) >= 11 is 1.59. The molecular formula is C12H11FN2O2S. The van der Waals surface area contributed by atoms with Gasteiger partial charge in [-0.1, -0.05) is 0 Å². The number of anilines is 1. The van der Waals surface area contributed by atoms with E-state index >= 15 is 0 Å². The zero-order chi connectivity index (χ0) is 13.1. The predicted octanol–water partition coefficient (Wildman–Crippen LogP) is 3.72. The molecule has 2 aromatic rings. The maximum atomic E-state index is 13.6. The molecule has 0 fully saturated rings. The average molecular weight is 266 g/mol. The van der Waals surface area contributed by atoms with Gasteiger partial charge in [0.15, 0.2) is 5.82 Å². The van der Waals surface area contributed by atoms with E-state index < -0.39 is 10.7 Å². The number of hydrogen-bond acceptors (Lipinski definition) is 4. The van der Waals surface area contributed by atoms with Gasteiger partial charge in [-0.2, -0.15) is 0 Å². The molecule has 0 aliphatic carbocycles. The molecule has 2 rings (SSSR count). The Morgan fingerprint density at radius 2 is 2.22 bits per heavy atom. The second-order valence-corrected chi connectivity index (χ2v) is 4.80. The summed E-state index contributed by atoms with van der Waals surface area (Å²) in [7, 11) is 0. The Hall–Kier alpha value is -1.95. The van der Waals surface area contributed by atoms with Gasteiger partial charge in [0.2, 0.25) is 0 Å². The van der Waals surface area contributed by atoms with Crippen molar-refractivity contribution in [3.05, 3.63) is 56.0 Å². The summed E-state index contributed by atoms with van der Waals surface area (Å²) in [5.41, 5.74) is 1.17. The Morgan fingerprint density at radius 1 is 1.44 bits per heavy atom. The minimum atomic E-state index is -0.615. The smallest absolute Gasteiger partial charge is 0.272 e. The summed E-state index contributed by atoms with van der Waals surface area (Å²) in [5.74, 6) is -0.613. The van der Waals surface area contributed by atoms with Crippen LogP contribution in [0.4, 0.5) is 15.8 Å². The number of nitrogens with one attached hydrogen (secondary N) is 1. The number of rotatable bonds is 4. The summed E-state index contributed by atoms with van der Waals surface area (Å²) in [6, 6.07) is 5.58. The highest BCUT2D eigenvalue weighted by molar-refractivity contribution is 7.10. The first kappa shape index (κ1) is 12.5. The Labute approximate surface area is 107 Å². The van der Waals surface area contributed by atoms with Gasteiger partial charge in [-0.05, 0) is 30.0 Å². The molecule has 0 unspecified atom stereocenters.